The summed E-state index contributed by atoms with van der Waals surface area (Å²) in [4.78, 5) is 13.9. The number of anilines is 1. The molecule has 0 aliphatic heterocycles. The summed E-state index contributed by atoms with van der Waals surface area (Å²) in [5.41, 5.74) is 6.42. The van der Waals surface area contributed by atoms with Gasteiger partial charge < -0.3 is 5.32 Å². The molecule has 1 aromatic heterocycles. The third kappa shape index (κ3) is 5.94. The Morgan fingerprint density at radius 3 is 2.44 bits per heavy atom. The molecule has 0 fully saturated rings. The van der Waals surface area contributed by atoms with Crippen LogP contribution in [0.25, 0.3) is 22.8 Å². The summed E-state index contributed by atoms with van der Waals surface area (Å²) in [5.74, 6) is -0.298. The highest BCUT2D eigenvalue weighted by molar-refractivity contribution is 7.80. The van der Waals surface area contributed by atoms with Crippen molar-refractivity contribution < 1.29 is 4.79 Å². The lowest BCUT2D eigenvalue weighted by Gasteiger charge is -2.10. The van der Waals surface area contributed by atoms with Crippen molar-refractivity contribution in [2.75, 3.05) is 5.32 Å². The molecule has 0 aliphatic rings. The molecule has 0 saturated carbocycles. The van der Waals surface area contributed by atoms with Gasteiger partial charge in [0.15, 0.2) is 5.11 Å². The van der Waals surface area contributed by atoms with E-state index in [1.54, 1.807) is 10.9 Å². The molecule has 1 amide bonds. The molecule has 0 spiro atoms. The predicted molar refractivity (Wildman–Crippen MR) is 142 cm³/mol. The minimum absolute atomic E-state index is 0.222. The second kappa shape index (κ2) is 10.9. The minimum Gasteiger partial charge on any atom is -0.332 e. The van der Waals surface area contributed by atoms with Crippen molar-refractivity contribution in [3.63, 3.8) is 0 Å². The summed E-state index contributed by atoms with van der Waals surface area (Å²) in [6, 6.07) is 21.8. The monoisotopic (exact) mass is 469 g/mol. The molecule has 0 radical (unpaired) electrons. The van der Waals surface area contributed by atoms with E-state index in [0.717, 1.165) is 40.0 Å². The van der Waals surface area contributed by atoms with Gasteiger partial charge in [0.05, 0.1) is 5.69 Å². The van der Waals surface area contributed by atoms with Gasteiger partial charge in [-0.05, 0) is 79.0 Å². The van der Waals surface area contributed by atoms with Crippen molar-refractivity contribution in [3.05, 3.63) is 89.5 Å². The Labute approximate surface area is 204 Å². The molecule has 1 heterocycles. The van der Waals surface area contributed by atoms with E-state index < -0.39 is 0 Å². The van der Waals surface area contributed by atoms with Crippen LogP contribution in [0.1, 0.15) is 36.5 Å². The second-order valence-electron chi connectivity index (χ2n) is 8.10. The van der Waals surface area contributed by atoms with E-state index in [1.807, 2.05) is 61.5 Å². The highest BCUT2D eigenvalue weighted by Gasteiger charge is 2.10. The number of fused-ring (bicyclic) bond motifs is 1. The number of hydrogen-bond acceptors (Lipinski definition) is 4. The number of thiocarbonyl (C=S) groups is 1. The van der Waals surface area contributed by atoms with E-state index in [2.05, 4.69) is 39.9 Å². The van der Waals surface area contributed by atoms with Gasteiger partial charge in [-0.3, -0.25) is 10.1 Å². The van der Waals surface area contributed by atoms with Crippen LogP contribution in [0.15, 0.2) is 72.8 Å². The Kier molecular flexibility index (Phi) is 7.44. The lowest BCUT2D eigenvalue weighted by molar-refractivity contribution is -0.115. The lowest BCUT2D eigenvalue weighted by atomic mass is 10.1. The van der Waals surface area contributed by atoms with Gasteiger partial charge >= 0.3 is 0 Å². The first kappa shape index (κ1) is 23.3. The molecule has 0 saturated heterocycles. The molecule has 4 aromatic rings. The zero-order chi connectivity index (χ0) is 23.9. The van der Waals surface area contributed by atoms with E-state index in [-0.39, 0.29) is 11.0 Å². The number of aromatic nitrogens is 3. The molecule has 3 aromatic carbocycles. The molecule has 0 aliphatic carbocycles. The van der Waals surface area contributed by atoms with Gasteiger partial charge in [0.1, 0.15) is 11.0 Å². The lowest BCUT2D eigenvalue weighted by Crippen LogP contribution is -2.33. The Bertz CT molecular complexity index is 1330. The van der Waals surface area contributed by atoms with E-state index in [0.29, 0.717) is 0 Å². The summed E-state index contributed by atoms with van der Waals surface area (Å²) in [7, 11) is 0. The first-order valence-corrected chi connectivity index (χ1v) is 11.7. The van der Waals surface area contributed by atoms with Crippen LogP contribution >= 0.6 is 12.2 Å². The fourth-order valence-electron chi connectivity index (χ4n) is 3.54. The first-order chi connectivity index (χ1) is 16.5. The minimum atomic E-state index is -0.298. The number of carbonyl (C=O) groups is 1. The van der Waals surface area contributed by atoms with Crippen LogP contribution in [0.3, 0.4) is 0 Å². The third-order valence-electron chi connectivity index (χ3n) is 5.42. The normalized spacial score (nSPS) is 11.1. The van der Waals surface area contributed by atoms with Crippen LogP contribution < -0.4 is 10.6 Å². The average molecular weight is 470 g/mol. The summed E-state index contributed by atoms with van der Waals surface area (Å²) >= 11 is 5.33. The second-order valence-corrected chi connectivity index (χ2v) is 8.51. The molecule has 4 rings (SSSR count). The molecule has 172 valence electrons. The maximum atomic E-state index is 12.2. The molecule has 6 nitrogen and oxygen atoms in total. The smallest absolute Gasteiger partial charge is 0.250 e. The molecule has 7 heteroatoms. The first-order valence-electron chi connectivity index (χ1n) is 11.3. The largest absolute Gasteiger partial charge is 0.332 e. The predicted octanol–water partition coefficient (Wildman–Crippen LogP) is 5.60. The standard InChI is InChI=1S/C27H27N5OS/c1-3-4-8-21-11-14-22(15-12-21)32-30-24-17-19(2)23(18-25(24)31-32)28-27(34)29-26(33)16-13-20-9-6-5-7-10-20/h5-7,9-18H,3-4,8H2,1-2H3,(H2,28,29,33,34). The van der Waals surface area contributed by atoms with Gasteiger partial charge in [0.2, 0.25) is 5.91 Å². The SMILES string of the molecule is CCCCc1ccc(-n2nc3cc(C)c(NC(=S)NC(=O)C=Cc4ccccc4)cc3n2)cc1. The number of aryl methyl sites for hydroxylation is 2. The van der Waals surface area contributed by atoms with Crippen molar-refractivity contribution in [2.24, 2.45) is 0 Å². The molecule has 0 unspecified atom stereocenters. The van der Waals surface area contributed by atoms with Gasteiger partial charge in [0.25, 0.3) is 0 Å². The van der Waals surface area contributed by atoms with Crippen molar-refractivity contribution in [2.45, 2.75) is 33.1 Å². The number of hydrogen-bond donors (Lipinski definition) is 2. The van der Waals surface area contributed by atoms with E-state index in [9.17, 15) is 4.79 Å². The van der Waals surface area contributed by atoms with Crippen molar-refractivity contribution in [1.82, 2.24) is 20.3 Å². The zero-order valence-corrected chi connectivity index (χ0v) is 20.1. The fraction of sp³-hybridized carbons (Fsp3) is 0.185. The number of nitrogens with zero attached hydrogens (tertiary/aromatic N) is 3. The molecular weight excluding hydrogens is 442 g/mol. The quantitative estimate of drug-likeness (QED) is 0.272. The van der Waals surface area contributed by atoms with Crippen LogP contribution in [-0.4, -0.2) is 26.0 Å². The van der Waals surface area contributed by atoms with Crippen molar-refractivity contribution >= 4 is 46.0 Å². The van der Waals surface area contributed by atoms with Gasteiger partial charge in [-0.15, -0.1) is 10.2 Å². The van der Waals surface area contributed by atoms with Crippen LogP contribution in [-0.2, 0) is 11.2 Å². The Morgan fingerprint density at radius 1 is 1.03 bits per heavy atom. The average Bonchev–Trinajstić information content (AvgIpc) is 3.25. The number of nitrogens with one attached hydrogen (secondary N) is 2. The van der Waals surface area contributed by atoms with Gasteiger partial charge in [-0.25, -0.2) is 0 Å². The van der Waals surface area contributed by atoms with Crippen molar-refractivity contribution in [1.29, 1.82) is 0 Å². The Balaban J connectivity index is 1.44. The van der Waals surface area contributed by atoms with Crippen LogP contribution in [0.5, 0.6) is 0 Å². The summed E-state index contributed by atoms with van der Waals surface area (Å²) in [6.45, 7) is 4.16. The summed E-state index contributed by atoms with van der Waals surface area (Å²) in [5, 5.41) is 15.3. The Hall–Kier alpha value is -3.84. The topological polar surface area (TPSA) is 71.8 Å². The zero-order valence-electron chi connectivity index (χ0n) is 19.3. The molecule has 34 heavy (non-hydrogen) atoms. The highest BCUT2D eigenvalue weighted by atomic mass is 32.1. The van der Waals surface area contributed by atoms with Gasteiger partial charge in [-0.1, -0.05) is 55.8 Å². The van der Waals surface area contributed by atoms with Crippen LogP contribution in [0.2, 0.25) is 0 Å². The molecule has 0 bridgehead atoms. The van der Waals surface area contributed by atoms with Gasteiger partial charge in [0, 0.05) is 11.8 Å². The summed E-state index contributed by atoms with van der Waals surface area (Å²) in [6.07, 6.45) is 6.64. The number of rotatable bonds is 7. The number of unbranched alkanes of at least 4 members (excludes halogenated alkanes) is 1. The Morgan fingerprint density at radius 2 is 1.74 bits per heavy atom. The van der Waals surface area contributed by atoms with Crippen LogP contribution in [0, 0.1) is 6.92 Å². The highest BCUT2D eigenvalue weighted by Crippen LogP contribution is 2.22. The number of amides is 1. The third-order valence-corrected chi connectivity index (χ3v) is 5.63. The van der Waals surface area contributed by atoms with Crippen molar-refractivity contribution in [3.8, 4) is 5.69 Å². The number of benzene rings is 3. The number of carbonyl (C=O) groups excluding carboxylic acids is 1. The van der Waals surface area contributed by atoms with E-state index in [1.165, 1.54) is 24.5 Å². The van der Waals surface area contributed by atoms with E-state index in [4.69, 9.17) is 12.2 Å². The fourth-order valence-corrected chi connectivity index (χ4v) is 3.75. The van der Waals surface area contributed by atoms with E-state index >= 15 is 0 Å². The molecule has 0 atom stereocenters. The van der Waals surface area contributed by atoms with Gasteiger partial charge in [-0.2, -0.15) is 4.80 Å². The maximum Gasteiger partial charge on any atom is 0.250 e. The van der Waals surface area contributed by atoms with Crippen LogP contribution in [0.4, 0.5) is 5.69 Å². The molecular formula is C27H27N5OS. The summed E-state index contributed by atoms with van der Waals surface area (Å²) < 4.78 is 0. The molecule has 2 N–H and O–H groups in total. The maximum absolute atomic E-state index is 12.2.